The normalized spacial score (nSPS) is 15.6. The van der Waals surface area contributed by atoms with Gasteiger partial charge < -0.3 is 23.7 Å². The molecule has 2 aromatic carbocycles. The lowest BCUT2D eigenvalue weighted by Crippen LogP contribution is -2.30. The molecule has 6 nitrogen and oxygen atoms in total. The van der Waals surface area contributed by atoms with E-state index in [-0.39, 0.29) is 23.9 Å². The quantitative estimate of drug-likeness (QED) is 0.771. The smallest absolute Gasteiger partial charge is 0.204 e. The van der Waals surface area contributed by atoms with Crippen molar-refractivity contribution in [3.8, 4) is 28.7 Å². The van der Waals surface area contributed by atoms with Crippen LogP contribution in [0.1, 0.15) is 15.9 Å². The molecule has 0 aromatic heterocycles. The van der Waals surface area contributed by atoms with Gasteiger partial charge in [0.05, 0.1) is 41.0 Å². The number of fused-ring (bicyclic) bond motifs is 1. The predicted molar refractivity (Wildman–Crippen MR) is 96.1 cm³/mol. The van der Waals surface area contributed by atoms with Crippen LogP contribution < -0.4 is 23.7 Å². The summed E-state index contributed by atoms with van der Waals surface area (Å²) < 4.78 is 40.7. The number of ketones is 1. The van der Waals surface area contributed by atoms with E-state index in [9.17, 15) is 9.18 Å². The van der Waals surface area contributed by atoms with Crippen molar-refractivity contribution >= 4 is 5.78 Å². The van der Waals surface area contributed by atoms with Gasteiger partial charge in [0.2, 0.25) is 5.75 Å². The van der Waals surface area contributed by atoms with Crippen molar-refractivity contribution in [3.63, 3.8) is 0 Å². The summed E-state index contributed by atoms with van der Waals surface area (Å²) in [7, 11) is 5.82. The molecule has 0 aliphatic carbocycles. The van der Waals surface area contributed by atoms with Crippen LogP contribution in [-0.4, -0.2) is 40.8 Å². The highest BCUT2D eigenvalue weighted by atomic mass is 19.1. The van der Waals surface area contributed by atoms with E-state index in [1.807, 2.05) is 0 Å². The summed E-state index contributed by atoms with van der Waals surface area (Å²) in [4.78, 5) is 13.1. The Morgan fingerprint density at radius 1 is 1.00 bits per heavy atom. The van der Waals surface area contributed by atoms with Crippen molar-refractivity contribution in [1.29, 1.82) is 0 Å². The largest absolute Gasteiger partial charge is 0.494 e. The molecule has 0 saturated carbocycles. The number of Topliss-reactive ketones (excluding diaryl/α,β-unsaturated/α-hetero) is 1. The number of methoxy groups -OCH3 is 4. The van der Waals surface area contributed by atoms with E-state index in [0.717, 1.165) is 0 Å². The van der Waals surface area contributed by atoms with Gasteiger partial charge in [0.25, 0.3) is 0 Å². The zero-order valence-electron chi connectivity index (χ0n) is 15.6. The summed E-state index contributed by atoms with van der Waals surface area (Å²) in [5.74, 6) is 0.456. The molecule has 0 spiro atoms. The van der Waals surface area contributed by atoms with E-state index in [1.54, 1.807) is 18.2 Å². The predicted octanol–water partition coefficient (Wildman–Crippen LogP) is 3.29. The van der Waals surface area contributed by atoms with E-state index in [2.05, 4.69) is 0 Å². The fourth-order valence-corrected chi connectivity index (χ4v) is 3.22. The van der Waals surface area contributed by atoms with E-state index in [0.29, 0.717) is 34.8 Å². The number of halogens is 1. The maximum atomic E-state index is 14.0. The lowest BCUT2D eigenvalue weighted by atomic mass is 9.88. The van der Waals surface area contributed by atoms with Gasteiger partial charge in [-0.25, -0.2) is 4.39 Å². The van der Waals surface area contributed by atoms with Crippen molar-refractivity contribution in [2.75, 3.05) is 35.0 Å². The van der Waals surface area contributed by atoms with Crippen LogP contribution in [0.4, 0.5) is 4.39 Å². The number of carbonyl (C=O) groups excluding carboxylic acids is 1. The Morgan fingerprint density at radius 2 is 1.70 bits per heavy atom. The minimum absolute atomic E-state index is 0.148. The SMILES string of the molecule is COc1ccc(CC2COc3cc(OC)c(OC)c(OC)c3C2=O)cc1F. The van der Waals surface area contributed by atoms with Crippen LogP contribution in [0.5, 0.6) is 28.7 Å². The fraction of sp³-hybridized carbons (Fsp3) is 0.350. The molecule has 0 N–H and O–H groups in total. The van der Waals surface area contributed by atoms with Gasteiger partial charge in [0, 0.05) is 6.07 Å². The third-order valence-corrected chi connectivity index (χ3v) is 4.55. The van der Waals surface area contributed by atoms with Gasteiger partial charge in [-0.3, -0.25) is 4.79 Å². The second-order valence-corrected chi connectivity index (χ2v) is 6.06. The summed E-state index contributed by atoms with van der Waals surface area (Å²) >= 11 is 0. The zero-order valence-corrected chi connectivity index (χ0v) is 15.6. The van der Waals surface area contributed by atoms with Gasteiger partial charge in [-0.15, -0.1) is 0 Å². The number of carbonyl (C=O) groups is 1. The number of hydrogen-bond acceptors (Lipinski definition) is 6. The minimum Gasteiger partial charge on any atom is -0.494 e. The molecule has 2 aromatic rings. The lowest BCUT2D eigenvalue weighted by Gasteiger charge is -2.27. The molecule has 1 heterocycles. The first-order valence-electron chi connectivity index (χ1n) is 8.36. The third-order valence-electron chi connectivity index (χ3n) is 4.55. The second kappa shape index (κ2) is 7.73. The lowest BCUT2D eigenvalue weighted by molar-refractivity contribution is 0.0823. The Bertz CT molecular complexity index is 864. The topological polar surface area (TPSA) is 63.2 Å². The van der Waals surface area contributed by atoms with Gasteiger partial charge in [-0.2, -0.15) is 0 Å². The zero-order chi connectivity index (χ0) is 19.6. The maximum absolute atomic E-state index is 14.0. The molecule has 7 heteroatoms. The monoisotopic (exact) mass is 376 g/mol. The van der Waals surface area contributed by atoms with Crippen molar-refractivity contribution < 1.29 is 32.9 Å². The van der Waals surface area contributed by atoms with Crippen LogP contribution in [0, 0.1) is 11.7 Å². The molecule has 1 unspecified atom stereocenters. The molecule has 0 bridgehead atoms. The molecule has 0 amide bonds. The average molecular weight is 376 g/mol. The van der Waals surface area contributed by atoms with E-state index < -0.39 is 11.7 Å². The number of hydrogen-bond donors (Lipinski definition) is 0. The van der Waals surface area contributed by atoms with Crippen LogP contribution in [0.25, 0.3) is 0 Å². The molecule has 1 atom stereocenters. The van der Waals surface area contributed by atoms with E-state index in [4.69, 9.17) is 23.7 Å². The molecular formula is C20H21FO6. The standard InChI is InChI=1S/C20H21FO6/c1-23-14-6-5-11(8-13(14)21)7-12-10-27-15-9-16(24-2)19(25-3)20(26-4)17(15)18(12)22/h5-6,8-9,12H,7,10H2,1-4H3. The molecule has 0 saturated heterocycles. The van der Waals surface area contributed by atoms with Gasteiger partial charge in [-0.1, -0.05) is 6.07 Å². The first-order valence-corrected chi connectivity index (χ1v) is 8.36. The molecule has 3 rings (SSSR count). The molecule has 1 aliphatic rings. The highest BCUT2D eigenvalue weighted by Crippen LogP contribution is 2.47. The van der Waals surface area contributed by atoms with Crippen LogP contribution in [-0.2, 0) is 6.42 Å². The highest BCUT2D eigenvalue weighted by molar-refractivity contribution is 6.05. The summed E-state index contributed by atoms with van der Waals surface area (Å²) in [6.45, 7) is 0.179. The Labute approximate surface area is 156 Å². The Balaban J connectivity index is 1.95. The van der Waals surface area contributed by atoms with E-state index >= 15 is 0 Å². The molecule has 27 heavy (non-hydrogen) atoms. The van der Waals surface area contributed by atoms with Gasteiger partial charge >= 0.3 is 0 Å². The first kappa shape index (κ1) is 18.8. The summed E-state index contributed by atoms with van der Waals surface area (Å²) in [6.07, 6.45) is 0.330. The van der Waals surface area contributed by atoms with Crippen molar-refractivity contribution in [2.24, 2.45) is 5.92 Å². The third kappa shape index (κ3) is 3.37. The minimum atomic E-state index is -0.475. The molecule has 1 aliphatic heterocycles. The van der Waals surface area contributed by atoms with E-state index in [1.165, 1.54) is 34.5 Å². The van der Waals surface area contributed by atoms with Crippen molar-refractivity contribution in [2.45, 2.75) is 6.42 Å². The maximum Gasteiger partial charge on any atom is 0.204 e. The number of benzene rings is 2. The Hall–Kier alpha value is -2.96. The van der Waals surface area contributed by atoms with Crippen LogP contribution in [0.2, 0.25) is 0 Å². The molecule has 0 fully saturated rings. The van der Waals surface area contributed by atoms with Crippen LogP contribution >= 0.6 is 0 Å². The second-order valence-electron chi connectivity index (χ2n) is 6.06. The van der Waals surface area contributed by atoms with Crippen LogP contribution in [0.3, 0.4) is 0 Å². The van der Waals surface area contributed by atoms with Crippen LogP contribution in [0.15, 0.2) is 24.3 Å². The first-order chi connectivity index (χ1) is 13.0. The highest BCUT2D eigenvalue weighted by Gasteiger charge is 2.35. The molecule has 144 valence electrons. The summed E-state index contributed by atoms with van der Waals surface area (Å²) in [5.41, 5.74) is 0.985. The summed E-state index contributed by atoms with van der Waals surface area (Å²) in [6, 6.07) is 6.25. The number of ether oxygens (including phenoxy) is 5. The van der Waals surface area contributed by atoms with Gasteiger partial charge in [-0.05, 0) is 24.1 Å². The Kier molecular flexibility index (Phi) is 5.39. The Morgan fingerprint density at radius 3 is 2.30 bits per heavy atom. The number of rotatable bonds is 6. The summed E-state index contributed by atoms with van der Waals surface area (Å²) in [5, 5.41) is 0. The average Bonchev–Trinajstić information content (AvgIpc) is 2.68. The molecule has 0 radical (unpaired) electrons. The van der Waals surface area contributed by atoms with Gasteiger partial charge in [0.1, 0.15) is 11.3 Å². The fourth-order valence-electron chi connectivity index (χ4n) is 3.22. The van der Waals surface area contributed by atoms with Crippen molar-refractivity contribution in [3.05, 3.63) is 41.2 Å². The molecular weight excluding hydrogens is 355 g/mol. The van der Waals surface area contributed by atoms with Gasteiger partial charge in [0.15, 0.2) is 28.8 Å². The van der Waals surface area contributed by atoms with Crippen molar-refractivity contribution in [1.82, 2.24) is 0 Å².